The highest BCUT2D eigenvalue weighted by atomic mass is 16.6. The van der Waals surface area contributed by atoms with E-state index < -0.39 is 10.6 Å². The molecule has 3 N–H and O–H groups in total. The summed E-state index contributed by atoms with van der Waals surface area (Å²) in [5.74, 6) is 5.51. The predicted molar refractivity (Wildman–Crippen MR) is 69.6 cm³/mol. The molecule has 0 saturated heterocycles. The van der Waals surface area contributed by atoms with Crippen LogP contribution in [-0.4, -0.2) is 22.0 Å². The average Bonchev–Trinajstić information content (AvgIpc) is 2.47. The third-order valence-electron chi connectivity index (χ3n) is 2.38. The number of methoxy groups -OCH3 is 1. The van der Waals surface area contributed by atoms with E-state index in [0.29, 0.717) is 11.5 Å². The number of para-hydroxylation sites is 2. The standard InChI is InChI=1S/C11H11N5O4/c1-19-7-4-2-3-5-8(7)20-11-9(16(17)18)10(15-12)13-6-14-11/h2-6H,12H2,1H3,(H,13,14,15). The number of rotatable bonds is 5. The summed E-state index contributed by atoms with van der Waals surface area (Å²) in [4.78, 5) is 17.8. The van der Waals surface area contributed by atoms with Crippen LogP contribution in [0.2, 0.25) is 0 Å². The highest BCUT2D eigenvalue weighted by molar-refractivity contribution is 5.61. The van der Waals surface area contributed by atoms with E-state index in [4.69, 9.17) is 15.3 Å². The van der Waals surface area contributed by atoms with Crippen LogP contribution in [0.25, 0.3) is 0 Å². The van der Waals surface area contributed by atoms with Crippen molar-refractivity contribution in [2.45, 2.75) is 0 Å². The molecule has 0 aliphatic heterocycles. The van der Waals surface area contributed by atoms with Gasteiger partial charge < -0.3 is 14.9 Å². The lowest BCUT2D eigenvalue weighted by molar-refractivity contribution is -0.385. The molecule has 1 aromatic carbocycles. The van der Waals surface area contributed by atoms with Crippen LogP contribution in [0.3, 0.4) is 0 Å². The van der Waals surface area contributed by atoms with Gasteiger partial charge in [-0.05, 0) is 12.1 Å². The van der Waals surface area contributed by atoms with Gasteiger partial charge >= 0.3 is 11.6 Å². The Balaban J connectivity index is 2.46. The minimum atomic E-state index is -0.681. The summed E-state index contributed by atoms with van der Waals surface area (Å²) in [6, 6.07) is 6.70. The van der Waals surface area contributed by atoms with Gasteiger partial charge in [0.2, 0.25) is 5.82 Å². The maximum Gasteiger partial charge on any atom is 0.374 e. The molecule has 0 aliphatic carbocycles. The fourth-order valence-electron chi connectivity index (χ4n) is 1.51. The first kappa shape index (κ1) is 13.5. The van der Waals surface area contributed by atoms with E-state index in [9.17, 15) is 10.1 Å². The number of hydrogen-bond acceptors (Lipinski definition) is 8. The van der Waals surface area contributed by atoms with Gasteiger partial charge in [-0.1, -0.05) is 12.1 Å². The molecule has 1 aromatic heterocycles. The largest absolute Gasteiger partial charge is 0.493 e. The lowest BCUT2D eigenvalue weighted by Crippen LogP contribution is -2.12. The van der Waals surface area contributed by atoms with Crippen molar-refractivity contribution in [1.29, 1.82) is 0 Å². The first-order valence-electron chi connectivity index (χ1n) is 5.44. The molecule has 20 heavy (non-hydrogen) atoms. The van der Waals surface area contributed by atoms with Crippen LogP contribution in [-0.2, 0) is 0 Å². The molecule has 0 spiro atoms. The van der Waals surface area contributed by atoms with Crippen molar-refractivity contribution < 1.29 is 14.4 Å². The molecule has 9 nitrogen and oxygen atoms in total. The zero-order chi connectivity index (χ0) is 14.5. The zero-order valence-corrected chi connectivity index (χ0v) is 10.4. The molecular formula is C11H11N5O4. The minimum absolute atomic E-state index is 0.144. The molecule has 0 bridgehead atoms. The van der Waals surface area contributed by atoms with Crippen molar-refractivity contribution in [2.24, 2.45) is 5.84 Å². The first-order chi connectivity index (χ1) is 9.67. The highest BCUT2D eigenvalue weighted by Gasteiger charge is 2.25. The second-order valence-corrected chi connectivity index (χ2v) is 3.53. The third-order valence-corrected chi connectivity index (χ3v) is 2.38. The maximum atomic E-state index is 11.1. The Morgan fingerprint density at radius 2 is 2.00 bits per heavy atom. The molecule has 104 valence electrons. The summed E-state index contributed by atoms with van der Waals surface area (Å²) >= 11 is 0. The van der Waals surface area contributed by atoms with E-state index in [-0.39, 0.29) is 11.7 Å². The summed E-state index contributed by atoms with van der Waals surface area (Å²) in [6.07, 6.45) is 1.10. The lowest BCUT2D eigenvalue weighted by atomic mass is 10.3. The Kier molecular flexibility index (Phi) is 3.91. The number of nitrogens with zero attached hydrogens (tertiary/aromatic N) is 3. The van der Waals surface area contributed by atoms with Gasteiger partial charge in [0.25, 0.3) is 0 Å². The van der Waals surface area contributed by atoms with Gasteiger partial charge in [-0.3, -0.25) is 10.1 Å². The number of ether oxygens (including phenoxy) is 2. The molecule has 0 amide bonds. The van der Waals surface area contributed by atoms with Gasteiger partial charge in [-0.15, -0.1) is 0 Å². The second-order valence-electron chi connectivity index (χ2n) is 3.53. The zero-order valence-electron chi connectivity index (χ0n) is 10.4. The van der Waals surface area contributed by atoms with E-state index in [0.717, 1.165) is 6.33 Å². The normalized spacial score (nSPS) is 9.90. The predicted octanol–water partition coefficient (Wildman–Crippen LogP) is 1.47. The Morgan fingerprint density at radius 1 is 1.30 bits per heavy atom. The number of anilines is 1. The molecule has 0 unspecified atom stereocenters. The van der Waals surface area contributed by atoms with Crippen LogP contribution in [0, 0.1) is 10.1 Å². The number of nitrogens with two attached hydrogens (primary N) is 1. The fraction of sp³-hybridized carbons (Fsp3) is 0.0909. The van der Waals surface area contributed by atoms with Gasteiger partial charge in [-0.2, -0.15) is 4.98 Å². The van der Waals surface area contributed by atoms with Crippen molar-refractivity contribution in [3.63, 3.8) is 0 Å². The van der Waals surface area contributed by atoms with Crippen LogP contribution in [0.4, 0.5) is 11.5 Å². The van der Waals surface area contributed by atoms with E-state index >= 15 is 0 Å². The summed E-state index contributed by atoms with van der Waals surface area (Å²) in [7, 11) is 1.46. The monoisotopic (exact) mass is 277 g/mol. The lowest BCUT2D eigenvalue weighted by Gasteiger charge is -2.10. The Bertz CT molecular complexity index is 634. The Hall–Kier alpha value is -2.94. The van der Waals surface area contributed by atoms with Crippen molar-refractivity contribution in [1.82, 2.24) is 9.97 Å². The van der Waals surface area contributed by atoms with Gasteiger partial charge in [0, 0.05) is 0 Å². The van der Waals surface area contributed by atoms with E-state index in [2.05, 4.69) is 15.4 Å². The second kappa shape index (κ2) is 5.80. The fourth-order valence-corrected chi connectivity index (χ4v) is 1.51. The van der Waals surface area contributed by atoms with Crippen molar-refractivity contribution in [3.8, 4) is 17.4 Å². The van der Waals surface area contributed by atoms with Crippen LogP contribution in [0.15, 0.2) is 30.6 Å². The van der Waals surface area contributed by atoms with Gasteiger partial charge in [0.1, 0.15) is 6.33 Å². The first-order valence-corrected chi connectivity index (χ1v) is 5.44. The number of nitrogens with one attached hydrogen (secondary N) is 1. The quantitative estimate of drug-likeness (QED) is 0.478. The molecule has 2 rings (SSSR count). The van der Waals surface area contributed by atoms with Crippen molar-refractivity contribution in [2.75, 3.05) is 12.5 Å². The smallest absolute Gasteiger partial charge is 0.374 e. The molecule has 1 heterocycles. The number of benzene rings is 1. The van der Waals surface area contributed by atoms with Crippen LogP contribution in [0.5, 0.6) is 17.4 Å². The molecule has 0 saturated carbocycles. The van der Waals surface area contributed by atoms with Crippen molar-refractivity contribution in [3.05, 3.63) is 40.7 Å². The van der Waals surface area contributed by atoms with Crippen LogP contribution >= 0.6 is 0 Å². The number of hydrogen-bond donors (Lipinski definition) is 2. The summed E-state index contributed by atoms with van der Waals surface area (Å²) < 4.78 is 10.5. The minimum Gasteiger partial charge on any atom is -0.493 e. The molecule has 0 atom stereocenters. The summed E-state index contributed by atoms with van der Waals surface area (Å²) in [6.45, 7) is 0. The number of hydrazine groups is 1. The van der Waals surface area contributed by atoms with Crippen LogP contribution in [0.1, 0.15) is 0 Å². The number of nitrogen functional groups attached to an aromatic ring is 1. The summed E-state index contributed by atoms with van der Waals surface area (Å²) in [5, 5.41) is 11.1. The Labute approximate surface area is 113 Å². The number of aromatic nitrogens is 2. The highest BCUT2D eigenvalue weighted by Crippen LogP contribution is 2.36. The maximum absolute atomic E-state index is 11.1. The van der Waals surface area contributed by atoms with Gasteiger partial charge in [-0.25, -0.2) is 10.8 Å². The average molecular weight is 277 g/mol. The number of nitro groups is 1. The third kappa shape index (κ3) is 2.57. The van der Waals surface area contributed by atoms with Crippen LogP contribution < -0.4 is 20.7 Å². The van der Waals surface area contributed by atoms with E-state index in [1.807, 2.05) is 0 Å². The molecule has 9 heteroatoms. The topological polar surface area (TPSA) is 125 Å². The van der Waals surface area contributed by atoms with Gasteiger partial charge in [0.05, 0.1) is 12.0 Å². The van der Waals surface area contributed by atoms with Crippen molar-refractivity contribution >= 4 is 11.5 Å². The van der Waals surface area contributed by atoms with E-state index in [1.54, 1.807) is 24.3 Å². The van der Waals surface area contributed by atoms with E-state index in [1.165, 1.54) is 7.11 Å². The molecular weight excluding hydrogens is 266 g/mol. The van der Waals surface area contributed by atoms with Gasteiger partial charge in [0.15, 0.2) is 11.5 Å². The molecule has 0 fully saturated rings. The summed E-state index contributed by atoms with van der Waals surface area (Å²) in [5.41, 5.74) is 1.67. The molecule has 2 aromatic rings. The SMILES string of the molecule is COc1ccccc1Oc1ncnc(NN)c1[N+](=O)[O-]. The molecule has 0 aliphatic rings. The Morgan fingerprint density at radius 3 is 2.60 bits per heavy atom. The molecule has 0 radical (unpaired) electrons.